The fourth-order valence-electron chi connectivity index (χ4n) is 7.79. The molecule has 1 aromatic heterocycles. The Kier molecular flexibility index (Phi) is 14.7. The highest BCUT2D eigenvalue weighted by atomic mass is 16.5. The van der Waals surface area contributed by atoms with E-state index in [-0.39, 0.29) is 29.8 Å². The summed E-state index contributed by atoms with van der Waals surface area (Å²) in [7, 11) is 3.10. The molecule has 12 heteroatoms. The Hall–Kier alpha value is -6.19. The Morgan fingerprint density at radius 3 is 2.51 bits per heavy atom. The SMILES string of the molecule is C=NC1=C(NCC2CCCN2C(=O)C(NC(=O)OC)C(C)C)c2ccc(C#Cc3ccc(-c4cnc(CCCCNC(=O)C(NC)c5ccccc5)[nH]4)cc3)cc2CC1. The molecule has 59 heavy (non-hydrogen) atoms. The van der Waals surface area contributed by atoms with Crippen LogP contribution >= 0.6 is 0 Å². The molecule has 1 fully saturated rings. The number of carbonyl (C=O) groups excluding carboxylic acids is 3. The Labute approximate surface area is 347 Å². The third-order valence-corrected chi connectivity index (χ3v) is 11.1. The summed E-state index contributed by atoms with van der Waals surface area (Å²) in [6, 6.07) is 23.1. The number of aromatic nitrogens is 2. The van der Waals surface area contributed by atoms with E-state index >= 15 is 0 Å². The van der Waals surface area contributed by atoms with Gasteiger partial charge in [-0.25, -0.2) is 9.78 Å². The van der Waals surface area contributed by atoms with Crippen molar-refractivity contribution in [3.05, 3.63) is 118 Å². The number of alkyl carbamates (subject to hydrolysis) is 1. The van der Waals surface area contributed by atoms with Crippen molar-refractivity contribution in [2.45, 2.75) is 76.9 Å². The second-order valence-corrected chi connectivity index (χ2v) is 15.4. The molecule has 3 atom stereocenters. The first-order valence-corrected chi connectivity index (χ1v) is 20.6. The number of likely N-dealkylation sites (N-methyl/N-ethyl adjacent to an activating group) is 1. The molecule has 0 radical (unpaired) electrons. The normalized spacial score (nSPS) is 15.7. The number of aryl methyl sites for hydroxylation is 2. The second kappa shape index (κ2) is 20.5. The van der Waals surface area contributed by atoms with Gasteiger partial charge in [0.15, 0.2) is 0 Å². The zero-order chi connectivity index (χ0) is 41.7. The molecule has 1 saturated heterocycles. The topological polar surface area (TPSA) is 153 Å². The smallest absolute Gasteiger partial charge is 0.407 e. The molecular formula is C47H56N8O4. The number of likely N-dealkylation sites (tertiary alicyclic amines) is 1. The van der Waals surface area contributed by atoms with Gasteiger partial charge in [0.1, 0.15) is 17.9 Å². The number of amides is 3. The number of H-pyrrole nitrogens is 1. The first kappa shape index (κ1) is 42.4. The minimum atomic E-state index is -0.654. The number of hydrogen-bond donors (Lipinski definition) is 5. The zero-order valence-corrected chi connectivity index (χ0v) is 34.6. The highest BCUT2D eigenvalue weighted by Gasteiger charge is 2.36. The van der Waals surface area contributed by atoms with Gasteiger partial charge in [0.25, 0.3) is 0 Å². The van der Waals surface area contributed by atoms with Crippen LogP contribution in [0.2, 0.25) is 0 Å². The Bertz CT molecular complexity index is 2180. The van der Waals surface area contributed by atoms with E-state index in [0.717, 1.165) is 95.7 Å². The van der Waals surface area contributed by atoms with Crippen LogP contribution in [-0.4, -0.2) is 85.4 Å². The number of allylic oxidation sites excluding steroid dienone is 1. The summed E-state index contributed by atoms with van der Waals surface area (Å²) in [4.78, 5) is 52.5. The van der Waals surface area contributed by atoms with Crippen LogP contribution in [0.15, 0.2) is 89.7 Å². The van der Waals surface area contributed by atoms with E-state index in [1.54, 1.807) is 7.05 Å². The molecule has 308 valence electrons. The van der Waals surface area contributed by atoms with Gasteiger partial charge in [-0.2, -0.15) is 0 Å². The van der Waals surface area contributed by atoms with Gasteiger partial charge in [-0.05, 0) is 99.2 Å². The van der Waals surface area contributed by atoms with Crippen molar-refractivity contribution in [2.24, 2.45) is 10.9 Å². The number of aromatic amines is 1. The van der Waals surface area contributed by atoms with Crippen molar-refractivity contribution >= 4 is 30.3 Å². The summed E-state index contributed by atoms with van der Waals surface area (Å²) in [5.74, 6) is 7.40. The lowest BCUT2D eigenvalue weighted by Gasteiger charge is -2.32. The van der Waals surface area contributed by atoms with E-state index in [1.165, 1.54) is 12.7 Å². The van der Waals surface area contributed by atoms with Crippen molar-refractivity contribution in [1.82, 2.24) is 36.1 Å². The fourth-order valence-corrected chi connectivity index (χ4v) is 7.79. The van der Waals surface area contributed by atoms with Gasteiger partial charge in [0.2, 0.25) is 11.8 Å². The number of nitrogens with one attached hydrogen (secondary N) is 5. The van der Waals surface area contributed by atoms with Crippen molar-refractivity contribution in [3.8, 4) is 23.1 Å². The number of carbonyl (C=O) groups is 3. The number of hydrogen-bond acceptors (Lipinski definition) is 8. The monoisotopic (exact) mass is 796 g/mol. The highest BCUT2D eigenvalue weighted by Crippen LogP contribution is 2.32. The molecule has 0 bridgehead atoms. The van der Waals surface area contributed by atoms with Gasteiger partial charge in [-0.3, -0.25) is 14.6 Å². The maximum Gasteiger partial charge on any atom is 0.407 e. The number of fused-ring (bicyclic) bond motifs is 1. The number of rotatable bonds is 16. The third-order valence-electron chi connectivity index (χ3n) is 11.1. The Morgan fingerprint density at radius 2 is 1.78 bits per heavy atom. The van der Waals surface area contributed by atoms with E-state index in [4.69, 9.17) is 4.74 Å². The number of benzene rings is 3. The maximum absolute atomic E-state index is 13.6. The minimum Gasteiger partial charge on any atom is -0.453 e. The second-order valence-electron chi connectivity index (χ2n) is 15.4. The molecule has 3 aromatic carbocycles. The van der Waals surface area contributed by atoms with Gasteiger partial charge in [-0.1, -0.05) is 74.2 Å². The number of imidazole rings is 1. The molecule has 2 heterocycles. The lowest BCUT2D eigenvalue weighted by molar-refractivity contribution is -0.135. The molecule has 3 unspecified atom stereocenters. The maximum atomic E-state index is 13.6. The van der Waals surface area contributed by atoms with Crippen LogP contribution in [0.1, 0.15) is 85.6 Å². The van der Waals surface area contributed by atoms with E-state index in [1.807, 2.05) is 73.5 Å². The average Bonchev–Trinajstić information content (AvgIpc) is 3.94. The van der Waals surface area contributed by atoms with Crippen LogP contribution in [0.4, 0.5) is 4.79 Å². The summed E-state index contributed by atoms with van der Waals surface area (Å²) in [6.45, 7) is 9.51. The summed E-state index contributed by atoms with van der Waals surface area (Å²) in [5.41, 5.74) is 8.90. The van der Waals surface area contributed by atoms with Crippen molar-refractivity contribution in [2.75, 3.05) is 33.8 Å². The first-order valence-electron chi connectivity index (χ1n) is 20.6. The Morgan fingerprint density at radius 1 is 1.02 bits per heavy atom. The lowest BCUT2D eigenvalue weighted by Crippen LogP contribution is -2.53. The van der Waals surface area contributed by atoms with Gasteiger partial charge >= 0.3 is 6.09 Å². The largest absolute Gasteiger partial charge is 0.453 e. The van der Waals surface area contributed by atoms with Crippen LogP contribution in [-0.2, 0) is 27.2 Å². The van der Waals surface area contributed by atoms with Crippen LogP contribution in [0, 0.1) is 17.8 Å². The van der Waals surface area contributed by atoms with Gasteiger partial charge in [0, 0.05) is 48.8 Å². The van der Waals surface area contributed by atoms with Crippen LogP contribution in [0.25, 0.3) is 17.0 Å². The third kappa shape index (κ3) is 10.9. The molecule has 3 amide bonds. The molecule has 5 N–H and O–H groups in total. The zero-order valence-electron chi connectivity index (χ0n) is 34.6. The van der Waals surface area contributed by atoms with E-state index in [9.17, 15) is 14.4 Å². The van der Waals surface area contributed by atoms with Crippen LogP contribution in [0.5, 0.6) is 0 Å². The van der Waals surface area contributed by atoms with Crippen molar-refractivity contribution < 1.29 is 19.1 Å². The first-order chi connectivity index (χ1) is 28.7. The van der Waals surface area contributed by atoms with Crippen LogP contribution in [0.3, 0.4) is 0 Å². The average molecular weight is 797 g/mol. The standard InChI is InChI=1S/C47H56N8O4/c1-31(2)42(54-47(58)59-5)46(57)55-27-11-14-37(55)29-52-44-38-24-20-33(28-36(38)23-25-39(44)48-3)17-16-32-18-21-34(22-19-32)40-30-51-41(53-40)15-9-10-26-50-45(56)43(49-4)35-12-7-6-8-13-35/h6-8,12-13,18-22,24,28,30-31,37,42-43,49,52H,3,9-11,14-15,23,25-27,29H2,1-2,4-5H3,(H,50,56)(H,51,53)(H,54,58). The number of unbranched alkanes of at least 4 members (excludes halogenated alkanes) is 1. The van der Waals surface area contributed by atoms with Crippen molar-refractivity contribution in [3.63, 3.8) is 0 Å². The van der Waals surface area contributed by atoms with E-state index in [0.29, 0.717) is 19.6 Å². The van der Waals surface area contributed by atoms with Gasteiger partial charge in [-0.15, -0.1) is 0 Å². The van der Waals surface area contributed by atoms with Crippen LogP contribution < -0.4 is 21.3 Å². The quantitative estimate of drug-likeness (QED) is 0.0518. The predicted octanol–water partition coefficient (Wildman–Crippen LogP) is 6.15. The molecule has 1 aliphatic heterocycles. The number of ether oxygens (including phenoxy) is 1. The summed E-state index contributed by atoms with van der Waals surface area (Å²) in [5, 5.41) is 12.5. The highest BCUT2D eigenvalue weighted by molar-refractivity contribution is 5.86. The molecule has 0 saturated carbocycles. The van der Waals surface area contributed by atoms with Gasteiger partial charge in [0.05, 0.1) is 30.4 Å². The molecule has 2 aliphatic rings. The molecular weight excluding hydrogens is 741 g/mol. The molecule has 1 aliphatic carbocycles. The number of nitrogens with zero attached hydrogens (tertiary/aromatic N) is 3. The summed E-state index contributed by atoms with van der Waals surface area (Å²) < 4.78 is 4.78. The minimum absolute atomic E-state index is 0.0197. The van der Waals surface area contributed by atoms with Crippen molar-refractivity contribution in [1.29, 1.82) is 0 Å². The lowest BCUT2D eigenvalue weighted by atomic mass is 9.90. The molecule has 0 spiro atoms. The van der Waals surface area contributed by atoms with E-state index in [2.05, 4.69) is 79.1 Å². The summed E-state index contributed by atoms with van der Waals surface area (Å²) >= 11 is 0. The Balaban J connectivity index is 1.01. The number of methoxy groups -OCH3 is 1. The molecule has 4 aromatic rings. The predicted molar refractivity (Wildman–Crippen MR) is 232 cm³/mol. The fraction of sp³-hybridized carbons (Fsp3) is 0.383. The number of aliphatic imine (C=N–C) groups is 1. The van der Waals surface area contributed by atoms with E-state index < -0.39 is 12.1 Å². The molecule has 6 rings (SSSR count). The summed E-state index contributed by atoms with van der Waals surface area (Å²) in [6.07, 6.45) is 7.16. The molecule has 12 nitrogen and oxygen atoms in total. The van der Waals surface area contributed by atoms with Gasteiger partial charge < -0.3 is 35.9 Å².